The van der Waals surface area contributed by atoms with E-state index in [4.69, 9.17) is 16.7 Å². The highest BCUT2D eigenvalue weighted by atomic mass is 79.9. The number of nitrogens with one attached hydrogen (secondary N) is 2. The van der Waals surface area contributed by atoms with Gasteiger partial charge in [0.25, 0.3) is 0 Å². The van der Waals surface area contributed by atoms with Crippen LogP contribution in [0.4, 0.5) is 14.9 Å². The third kappa shape index (κ3) is 4.86. The number of urea groups is 1. The number of carboxylic acids is 1. The maximum absolute atomic E-state index is 13.1. The molecule has 0 saturated heterocycles. The van der Waals surface area contributed by atoms with E-state index in [1.54, 1.807) is 20.8 Å². The highest BCUT2D eigenvalue weighted by molar-refractivity contribution is 9.10. The van der Waals surface area contributed by atoms with Crippen molar-refractivity contribution in [2.24, 2.45) is 5.41 Å². The second-order valence-electron chi connectivity index (χ2n) is 5.48. The van der Waals surface area contributed by atoms with Crippen molar-refractivity contribution in [1.29, 1.82) is 0 Å². The lowest BCUT2D eigenvalue weighted by molar-refractivity contribution is -0.141. The van der Waals surface area contributed by atoms with Crippen LogP contribution in [0.5, 0.6) is 0 Å². The summed E-state index contributed by atoms with van der Waals surface area (Å²) in [5.41, 5.74) is -0.513. The quantitative estimate of drug-likeness (QED) is 0.744. The Hall–Kier alpha value is -1.34. The zero-order chi connectivity index (χ0) is 16.4. The molecule has 0 radical (unpaired) electrons. The van der Waals surface area contributed by atoms with Crippen LogP contribution in [-0.4, -0.2) is 23.1 Å². The molecule has 0 heterocycles. The van der Waals surface area contributed by atoms with Crippen LogP contribution < -0.4 is 10.6 Å². The smallest absolute Gasteiger partial charge is 0.326 e. The fourth-order valence-corrected chi connectivity index (χ4v) is 2.49. The molecule has 1 rings (SSSR count). The number of amides is 2. The summed E-state index contributed by atoms with van der Waals surface area (Å²) < 4.78 is 13.4. The van der Waals surface area contributed by atoms with Crippen LogP contribution in [0.25, 0.3) is 0 Å². The lowest BCUT2D eigenvalue weighted by Gasteiger charge is -2.27. The summed E-state index contributed by atoms with van der Waals surface area (Å²) in [6.07, 6.45) is 0. The van der Waals surface area contributed by atoms with Crippen molar-refractivity contribution in [3.05, 3.63) is 27.4 Å². The molecule has 1 aromatic carbocycles. The van der Waals surface area contributed by atoms with E-state index < -0.39 is 29.3 Å². The SMILES string of the molecule is CC(C)(C)[C@H](NC(=O)Nc1c(Cl)cc(F)cc1Br)C(=O)O. The van der Waals surface area contributed by atoms with E-state index in [1.165, 1.54) is 0 Å². The van der Waals surface area contributed by atoms with Gasteiger partial charge in [0, 0.05) is 4.47 Å². The van der Waals surface area contributed by atoms with Crippen LogP contribution in [0, 0.1) is 11.2 Å². The zero-order valence-corrected chi connectivity index (χ0v) is 14.0. The van der Waals surface area contributed by atoms with Gasteiger partial charge >= 0.3 is 12.0 Å². The number of halogens is 3. The standard InChI is InChI=1S/C13H15BrClFN2O3/c1-13(2,3)10(11(19)20)18-12(21)17-9-7(14)4-6(16)5-8(9)15/h4-5,10H,1-3H3,(H,19,20)(H2,17,18,21)/t10-/m1/s1. The van der Waals surface area contributed by atoms with Crippen molar-refractivity contribution < 1.29 is 19.1 Å². The van der Waals surface area contributed by atoms with Gasteiger partial charge in [-0.15, -0.1) is 0 Å². The Bertz CT molecular complexity index is 552. The second-order valence-corrected chi connectivity index (χ2v) is 6.74. The monoisotopic (exact) mass is 380 g/mol. The number of anilines is 1. The minimum Gasteiger partial charge on any atom is -0.480 e. The summed E-state index contributed by atoms with van der Waals surface area (Å²) in [5.74, 6) is -1.71. The molecule has 0 aliphatic heterocycles. The van der Waals surface area contributed by atoms with Crippen LogP contribution in [0.15, 0.2) is 16.6 Å². The molecule has 1 aromatic rings. The summed E-state index contributed by atoms with van der Waals surface area (Å²) in [4.78, 5) is 23.1. The normalized spacial score (nSPS) is 12.7. The number of hydrogen-bond acceptors (Lipinski definition) is 2. The average Bonchev–Trinajstić information content (AvgIpc) is 2.28. The minimum atomic E-state index is -1.15. The van der Waals surface area contributed by atoms with E-state index in [-0.39, 0.29) is 15.2 Å². The van der Waals surface area contributed by atoms with Gasteiger partial charge in [-0.2, -0.15) is 0 Å². The number of aliphatic carboxylic acids is 1. The van der Waals surface area contributed by atoms with Gasteiger partial charge in [-0.25, -0.2) is 14.0 Å². The van der Waals surface area contributed by atoms with Crippen LogP contribution in [0.2, 0.25) is 5.02 Å². The maximum Gasteiger partial charge on any atom is 0.326 e. The number of carboxylic acid groups (broad SMARTS) is 1. The Balaban J connectivity index is 2.90. The van der Waals surface area contributed by atoms with Crippen LogP contribution in [0.1, 0.15) is 20.8 Å². The molecular weight excluding hydrogens is 367 g/mol. The molecule has 0 aliphatic carbocycles. The first kappa shape index (κ1) is 17.7. The van der Waals surface area contributed by atoms with Crippen molar-refractivity contribution in [1.82, 2.24) is 5.32 Å². The van der Waals surface area contributed by atoms with Gasteiger partial charge in [0.2, 0.25) is 0 Å². The molecule has 8 heteroatoms. The molecule has 116 valence electrons. The molecule has 0 spiro atoms. The van der Waals surface area contributed by atoms with E-state index in [1.807, 2.05) is 0 Å². The van der Waals surface area contributed by atoms with Crippen molar-refractivity contribution in [3.63, 3.8) is 0 Å². The largest absolute Gasteiger partial charge is 0.480 e. The molecule has 0 fully saturated rings. The van der Waals surface area contributed by atoms with Crippen molar-refractivity contribution in [2.75, 3.05) is 5.32 Å². The fourth-order valence-electron chi connectivity index (χ4n) is 1.59. The lowest BCUT2D eigenvalue weighted by atomic mass is 9.87. The predicted molar refractivity (Wildman–Crippen MR) is 82.1 cm³/mol. The van der Waals surface area contributed by atoms with E-state index >= 15 is 0 Å². The first-order chi connectivity index (χ1) is 9.52. The van der Waals surface area contributed by atoms with Gasteiger partial charge in [-0.05, 0) is 33.5 Å². The molecule has 0 aromatic heterocycles. The van der Waals surface area contributed by atoms with Gasteiger partial charge in [0.05, 0.1) is 10.7 Å². The van der Waals surface area contributed by atoms with Crippen LogP contribution in [-0.2, 0) is 4.79 Å². The molecule has 5 nitrogen and oxygen atoms in total. The van der Waals surface area contributed by atoms with Crippen molar-refractivity contribution >= 4 is 45.2 Å². The summed E-state index contributed by atoms with van der Waals surface area (Å²) in [6.45, 7) is 5.06. The highest BCUT2D eigenvalue weighted by Crippen LogP contribution is 2.31. The Morgan fingerprint density at radius 1 is 1.38 bits per heavy atom. The number of rotatable bonds is 3. The molecule has 0 aliphatic rings. The van der Waals surface area contributed by atoms with Gasteiger partial charge in [-0.1, -0.05) is 32.4 Å². The summed E-state index contributed by atoms with van der Waals surface area (Å²) >= 11 is 8.92. The Morgan fingerprint density at radius 3 is 2.38 bits per heavy atom. The summed E-state index contributed by atoms with van der Waals surface area (Å²) in [7, 11) is 0. The molecule has 2 amide bonds. The number of carbonyl (C=O) groups is 2. The van der Waals surface area contributed by atoms with Crippen LogP contribution >= 0.6 is 27.5 Å². The molecule has 1 atom stereocenters. The minimum absolute atomic E-state index is 0.000316. The Morgan fingerprint density at radius 2 is 1.95 bits per heavy atom. The third-order valence-corrected chi connectivity index (χ3v) is 3.56. The second kappa shape index (κ2) is 6.62. The van der Waals surface area contributed by atoms with Gasteiger partial charge in [-0.3, -0.25) is 0 Å². The topological polar surface area (TPSA) is 78.4 Å². The number of carbonyl (C=O) groups excluding carboxylic acids is 1. The first-order valence-electron chi connectivity index (χ1n) is 5.97. The third-order valence-electron chi connectivity index (χ3n) is 2.63. The molecular formula is C13H15BrClFN2O3. The fraction of sp³-hybridized carbons (Fsp3) is 0.385. The molecule has 3 N–H and O–H groups in total. The van der Waals surface area contributed by atoms with E-state index in [0.717, 1.165) is 12.1 Å². The van der Waals surface area contributed by atoms with Gasteiger partial charge in [0.15, 0.2) is 0 Å². The summed E-state index contributed by atoms with van der Waals surface area (Å²) in [5, 5.41) is 13.9. The Kier molecular flexibility index (Phi) is 5.58. The van der Waals surface area contributed by atoms with Crippen molar-refractivity contribution in [2.45, 2.75) is 26.8 Å². The number of hydrogen-bond donors (Lipinski definition) is 3. The molecule has 0 saturated carbocycles. The molecule has 0 bridgehead atoms. The van der Waals surface area contributed by atoms with Gasteiger partial charge in [0.1, 0.15) is 11.9 Å². The average molecular weight is 382 g/mol. The zero-order valence-electron chi connectivity index (χ0n) is 11.6. The number of benzene rings is 1. The molecule has 0 unspecified atom stereocenters. The lowest BCUT2D eigenvalue weighted by Crippen LogP contribution is -2.50. The van der Waals surface area contributed by atoms with Gasteiger partial charge < -0.3 is 15.7 Å². The van der Waals surface area contributed by atoms with E-state index in [2.05, 4.69) is 26.6 Å². The van der Waals surface area contributed by atoms with Crippen molar-refractivity contribution in [3.8, 4) is 0 Å². The first-order valence-corrected chi connectivity index (χ1v) is 7.14. The Labute approximate surface area is 135 Å². The maximum atomic E-state index is 13.1. The molecule has 21 heavy (non-hydrogen) atoms. The highest BCUT2D eigenvalue weighted by Gasteiger charge is 2.32. The predicted octanol–water partition coefficient (Wildman–Crippen LogP) is 3.86. The summed E-state index contributed by atoms with van der Waals surface area (Å²) in [6, 6.07) is 0.349. The van der Waals surface area contributed by atoms with Crippen LogP contribution in [0.3, 0.4) is 0 Å². The van der Waals surface area contributed by atoms with E-state index in [9.17, 15) is 14.0 Å². The van der Waals surface area contributed by atoms with E-state index in [0.29, 0.717) is 0 Å².